The van der Waals surface area contributed by atoms with Crippen LogP contribution in [0.5, 0.6) is 0 Å². The van der Waals surface area contributed by atoms with Crippen LogP contribution in [0.2, 0.25) is 6.04 Å². The van der Waals surface area contributed by atoms with Crippen LogP contribution in [0, 0.1) is 0 Å². The third kappa shape index (κ3) is 7.63. The molecule has 3 nitrogen and oxygen atoms in total. The summed E-state index contributed by atoms with van der Waals surface area (Å²) in [7, 11) is 2.75. The SMILES string of the molecule is CCCCCCCCCC[Si](OC)(OC)OC.c1ccc2c(c1)ccc1c3c(ccc12)CCCC3. The van der Waals surface area contributed by atoms with Gasteiger partial charge in [-0.2, -0.15) is 0 Å². The van der Waals surface area contributed by atoms with Crippen LogP contribution in [-0.2, 0) is 26.1 Å². The Morgan fingerprint density at radius 1 is 0.629 bits per heavy atom. The Hall–Kier alpha value is -1.72. The Labute approximate surface area is 214 Å². The number of fused-ring (bicyclic) bond motifs is 5. The molecule has 3 aromatic carbocycles. The third-order valence-electron chi connectivity index (χ3n) is 7.53. The topological polar surface area (TPSA) is 27.7 Å². The fourth-order valence-corrected chi connectivity index (χ4v) is 7.17. The molecule has 0 spiro atoms. The van der Waals surface area contributed by atoms with Crippen LogP contribution in [0.4, 0.5) is 0 Å². The van der Waals surface area contributed by atoms with Crippen molar-refractivity contribution in [2.45, 2.75) is 90.0 Å². The molecule has 4 heteroatoms. The highest BCUT2D eigenvalue weighted by Crippen LogP contribution is 2.33. The molecule has 0 heterocycles. The van der Waals surface area contributed by atoms with Crippen molar-refractivity contribution in [1.29, 1.82) is 0 Å². The minimum absolute atomic E-state index is 0.936. The highest BCUT2D eigenvalue weighted by Gasteiger charge is 2.36. The Kier molecular flexibility index (Phi) is 11.7. The van der Waals surface area contributed by atoms with Crippen molar-refractivity contribution in [3.05, 3.63) is 59.7 Å². The summed E-state index contributed by atoms with van der Waals surface area (Å²) >= 11 is 0. The molecule has 1 aliphatic carbocycles. The minimum Gasteiger partial charge on any atom is -0.377 e. The molecule has 0 bridgehead atoms. The molecule has 0 N–H and O–H groups in total. The van der Waals surface area contributed by atoms with Crippen molar-refractivity contribution in [2.24, 2.45) is 0 Å². The summed E-state index contributed by atoms with van der Waals surface area (Å²) in [5, 5.41) is 5.64. The summed E-state index contributed by atoms with van der Waals surface area (Å²) in [5.74, 6) is 0. The zero-order chi connectivity index (χ0) is 24.9. The van der Waals surface area contributed by atoms with Gasteiger partial charge in [0.15, 0.2) is 0 Å². The molecule has 0 fully saturated rings. The van der Waals surface area contributed by atoms with Crippen LogP contribution < -0.4 is 0 Å². The monoisotopic (exact) mass is 494 g/mol. The molecular formula is C31H46O3Si. The van der Waals surface area contributed by atoms with E-state index in [0.717, 1.165) is 12.5 Å². The van der Waals surface area contributed by atoms with Gasteiger partial charge in [0.2, 0.25) is 0 Å². The molecule has 1 aliphatic rings. The second-order valence-corrected chi connectivity index (χ2v) is 12.9. The number of hydrogen-bond acceptors (Lipinski definition) is 3. The van der Waals surface area contributed by atoms with E-state index in [-0.39, 0.29) is 0 Å². The predicted octanol–water partition coefficient (Wildman–Crippen LogP) is 8.88. The maximum absolute atomic E-state index is 5.39. The van der Waals surface area contributed by atoms with Gasteiger partial charge in [0.25, 0.3) is 0 Å². The van der Waals surface area contributed by atoms with E-state index in [2.05, 4.69) is 55.5 Å². The van der Waals surface area contributed by atoms with E-state index in [0.29, 0.717) is 0 Å². The average Bonchev–Trinajstić information content (AvgIpc) is 2.92. The summed E-state index contributed by atoms with van der Waals surface area (Å²) < 4.78 is 16.2. The first-order valence-corrected chi connectivity index (χ1v) is 15.7. The van der Waals surface area contributed by atoms with Crippen LogP contribution >= 0.6 is 0 Å². The van der Waals surface area contributed by atoms with Gasteiger partial charge in [-0.05, 0) is 64.8 Å². The van der Waals surface area contributed by atoms with Gasteiger partial charge in [0, 0.05) is 27.4 Å². The molecule has 0 radical (unpaired) electrons. The third-order valence-corrected chi connectivity index (χ3v) is 10.4. The Morgan fingerprint density at radius 2 is 1.26 bits per heavy atom. The van der Waals surface area contributed by atoms with E-state index >= 15 is 0 Å². The number of aryl methyl sites for hydroxylation is 2. The largest absolute Gasteiger partial charge is 0.500 e. The van der Waals surface area contributed by atoms with Crippen LogP contribution in [0.25, 0.3) is 21.5 Å². The lowest BCUT2D eigenvalue weighted by molar-refractivity contribution is 0.122. The molecule has 0 saturated heterocycles. The minimum atomic E-state index is -2.30. The van der Waals surface area contributed by atoms with E-state index < -0.39 is 8.80 Å². The number of unbranched alkanes of at least 4 members (excludes halogenated alkanes) is 7. The normalized spacial score (nSPS) is 13.5. The summed E-state index contributed by atoms with van der Waals surface area (Å²) in [6.45, 7) is 2.25. The van der Waals surface area contributed by atoms with Gasteiger partial charge in [-0.3, -0.25) is 0 Å². The van der Waals surface area contributed by atoms with E-state index in [1.165, 1.54) is 92.2 Å². The average molecular weight is 495 g/mol. The maximum Gasteiger partial charge on any atom is 0.500 e. The van der Waals surface area contributed by atoms with E-state index in [1.54, 1.807) is 32.5 Å². The lowest BCUT2D eigenvalue weighted by Gasteiger charge is -2.24. The summed E-state index contributed by atoms with van der Waals surface area (Å²) in [5.41, 5.74) is 3.17. The highest BCUT2D eigenvalue weighted by molar-refractivity contribution is 6.60. The summed E-state index contributed by atoms with van der Waals surface area (Å²) in [6.07, 6.45) is 15.8. The Balaban J connectivity index is 0.000000196. The summed E-state index contributed by atoms with van der Waals surface area (Å²) in [6, 6.07) is 18.9. The van der Waals surface area contributed by atoms with Gasteiger partial charge in [-0.1, -0.05) is 100 Å². The zero-order valence-corrected chi connectivity index (χ0v) is 23.5. The van der Waals surface area contributed by atoms with Crippen LogP contribution in [0.1, 0.15) is 82.3 Å². The lowest BCUT2D eigenvalue weighted by atomic mass is 9.86. The summed E-state index contributed by atoms with van der Waals surface area (Å²) in [4.78, 5) is 0. The first-order valence-electron chi connectivity index (χ1n) is 13.8. The zero-order valence-electron chi connectivity index (χ0n) is 22.5. The van der Waals surface area contributed by atoms with Crippen molar-refractivity contribution < 1.29 is 13.3 Å². The van der Waals surface area contributed by atoms with Gasteiger partial charge in [-0.15, -0.1) is 0 Å². The maximum atomic E-state index is 5.39. The molecule has 0 aromatic heterocycles. The first kappa shape index (κ1) is 27.9. The molecule has 35 heavy (non-hydrogen) atoms. The fourth-order valence-electron chi connectivity index (χ4n) is 5.37. The van der Waals surface area contributed by atoms with E-state index in [1.807, 2.05) is 0 Å². The van der Waals surface area contributed by atoms with Gasteiger partial charge < -0.3 is 13.3 Å². The predicted molar refractivity (Wildman–Crippen MR) is 152 cm³/mol. The quantitative estimate of drug-likeness (QED) is 0.143. The van der Waals surface area contributed by atoms with Crippen molar-refractivity contribution in [1.82, 2.24) is 0 Å². The fraction of sp³-hybridized carbons (Fsp3) is 0.548. The van der Waals surface area contributed by atoms with Crippen molar-refractivity contribution in [3.8, 4) is 0 Å². The van der Waals surface area contributed by atoms with Gasteiger partial charge in [-0.25, -0.2) is 0 Å². The van der Waals surface area contributed by atoms with Gasteiger partial charge in [0.1, 0.15) is 0 Å². The number of benzene rings is 3. The first-order chi connectivity index (χ1) is 17.2. The van der Waals surface area contributed by atoms with Crippen LogP contribution in [0.3, 0.4) is 0 Å². The molecular weight excluding hydrogens is 448 g/mol. The van der Waals surface area contributed by atoms with E-state index in [4.69, 9.17) is 13.3 Å². The van der Waals surface area contributed by atoms with E-state index in [9.17, 15) is 0 Å². The molecule has 0 atom stereocenters. The van der Waals surface area contributed by atoms with Crippen molar-refractivity contribution in [2.75, 3.05) is 21.3 Å². The van der Waals surface area contributed by atoms with Crippen molar-refractivity contribution in [3.63, 3.8) is 0 Å². The lowest BCUT2D eigenvalue weighted by Crippen LogP contribution is -2.42. The molecule has 4 rings (SSSR count). The molecule has 0 amide bonds. The van der Waals surface area contributed by atoms with Crippen molar-refractivity contribution >= 4 is 30.3 Å². The molecule has 3 aromatic rings. The second kappa shape index (κ2) is 14.7. The van der Waals surface area contributed by atoms with Gasteiger partial charge in [0.05, 0.1) is 0 Å². The van der Waals surface area contributed by atoms with Gasteiger partial charge >= 0.3 is 8.80 Å². The number of rotatable bonds is 12. The molecule has 0 unspecified atom stereocenters. The Morgan fingerprint density at radius 3 is 1.97 bits per heavy atom. The van der Waals surface area contributed by atoms with Crippen LogP contribution in [-0.4, -0.2) is 30.1 Å². The van der Waals surface area contributed by atoms with Crippen LogP contribution in [0.15, 0.2) is 48.5 Å². The smallest absolute Gasteiger partial charge is 0.377 e. The molecule has 192 valence electrons. The second-order valence-electron chi connectivity index (χ2n) is 9.81. The Bertz CT molecular complexity index is 1020. The highest BCUT2D eigenvalue weighted by atomic mass is 28.4. The number of hydrogen-bond donors (Lipinski definition) is 0. The molecule has 0 saturated carbocycles. The standard InChI is InChI=1S/C18H16.C13H30O3Si/c1-3-7-15-13(5-1)9-11-18-16-8-4-2-6-14(16)10-12-17(15)18;1-5-6-7-8-9-10-11-12-13-17(14-2,15-3)16-4/h1,3,5,7,9-12H,2,4,6,8H2;5-13H2,1-4H3. The molecule has 0 aliphatic heterocycles.